The molecular formula is CF6P+. The molecule has 0 saturated carbocycles. The Balaban J connectivity index is 4.02. The molecule has 7 heteroatoms. The summed E-state index contributed by atoms with van der Waals surface area (Å²) in [6, 6.07) is 0. The molecule has 0 atom stereocenters. The zero-order valence-corrected chi connectivity index (χ0v) is 4.11. The molecule has 0 aromatic carbocycles. The molecule has 0 N–H and O–H groups in total. The Morgan fingerprint density at radius 2 is 1.00 bits per heavy atom. The lowest BCUT2D eigenvalue weighted by Crippen LogP contribution is -2.03. The van der Waals surface area contributed by atoms with Gasteiger partial charge in [0.15, 0.2) is 0 Å². The fraction of sp³-hybridized carbons (Fsp3) is 1.00. The van der Waals surface area contributed by atoms with Crippen LogP contribution < -0.4 is 0 Å². The van der Waals surface area contributed by atoms with Crippen LogP contribution in [0.15, 0.2) is 0 Å². The highest BCUT2D eigenvalue weighted by molar-refractivity contribution is 7.61. The standard InChI is InChI=1S/CF6P/c2-1(3,4)8(5,6)7/q+1. The zero-order valence-electron chi connectivity index (χ0n) is 3.22. The molecule has 0 fully saturated rings. The van der Waals surface area contributed by atoms with Gasteiger partial charge in [0, 0.05) is 12.6 Å². The van der Waals surface area contributed by atoms with E-state index in [1.165, 1.54) is 0 Å². The molecule has 0 aliphatic heterocycles. The first-order valence-corrected chi connectivity index (χ1v) is 2.76. The van der Waals surface area contributed by atoms with Crippen LogP contribution in [0.1, 0.15) is 0 Å². The van der Waals surface area contributed by atoms with Gasteiger partial charge < -0.3 is 0 Å². The van der Waals surface area contributed by atoms with Crippen molar-refractivity contribution in [2.24, 2.45) is 0 Å². The van der Waals surface area contributed by atoms with Gasteiger partial charge in [0.2, 0.25) is 0 Å². The van der Waals surface area contributed by atoms with Crippen LogP contribution in [0.2, 0.25) is 0 Å². The number of hydrogen-bond acceptors (Lipinski definition) is 0. The molecule has 0 heterocycles. The summed E-state index contributed by atoms with van der Waals surface area (Å²) in [6.45, 7) is 0. The monoisotopic (exact) mass is 157 g/mol. The van der Waals surface area contributed by atoms with E-state index in [2.05, 4.69) is 0 Å². The van der Waals surface area contributed by atoms with E-state index in [0.717, 1.165) is 0 Å². The van der Waals surface area contributed by atoms with Gasteiger partial charge in [0.1, 0.15) is 0 Å². The summed E-state index contributed by atoms with van der Waals surface area (Å²) < 4.78 is 63.1. The normalized spacial score (nSPS) is 14.2. The van der Waals surface area contributed by atoms with Crippen molar-refractivity contribution in [3.8, 4) is 0 Å². The van der Waals surface area contributed by atoms with E-state index in [-0.39, 0.29) is 0 Å². The van der Waals surface area contributed by atoms with Crippen LogP contribution >= 0.6 is 8.19 Å². The maximum Gasteiger partial charge on any atom is 0.675 e. The third-order valence-corrected chi connectivity index (χ3v) is 0.862. The minimum absolute atomic E-state index is 5.95. The van der Waals surface area contributed by atoms with Crippen LogP contribution in [0.4, 0.5) is 25.8 Å². The molecule has 8 heavy (non-hydrogen) atoms. The van der Waals surface area contributed by atoms with Crippen LogP contribution in [0.25, 0.3) is 0 Å². The third kappa shape index (κ3) is 1.86. The van der Waals surface area contributed by atoms with Crippen LogP contribution in [0.3, 0.4) is 0 Å². The molecule has 0 aromatic rings. The predicted octanol–water partition coefficient (Wildman–Crippen LogP) is 3.18. The molecule has 0 unspecified atom stereocenters. The summed E-state index contributed by atoms with van der Waals surface area (Å²) in [4.78, 5) is 0. The van der Waals surface area contributed by atoms with Crippen molar-refractivity contribution >= 4 is 8.19 Å². The van der Waals surface area contributed by atoms with Gasteiger partial charge in [0.05, 0.1) is 0 Å². The third-order valence-electron chi connectivity index (χ3n) is 0.287. The Kier molecular flexibility index (Phi) is 1.76. The van der Waals surface area contributed by atoms with Gasteiger partial charge in [-0.1, -0.05) is 0 Å². The molecular weight excluding hydrogens is 157 g/mol. The molecule has 50 valence electrons. The molecule has 0 aromatic heterocycles. The highest BCUT2D eigenvalue weighted by Crippen LogP contribution is 2.75. The fourth-order valence-corrected chi connectivity index (χ4v) is 0. The summed E-state index contributed by atoms with van der Waals surface area (Å²) in [7, 11) is -7.10. The van der Waals surface area contributed by atoms with E-state index in [9.17, 15) is 25.8 Å². The van der Waals surface area contributed by atoms with Crippen molar-refractivity contribution in [3.63, 3.8) is 0 Å². The average Bonchev–Trinajstić information content (AvgIpc) is 1.25. The largest absolute Gasteiger partial charge is 0.675 e. The molecule has 0 saturated heterocycles. The van der Waals surface area contributed by atoms with Gasteiger partial charge in [-0.2, -0.15) is 0 Å². The maximum absolute atomic E-state index is 10.5. The van der Waals surface area contributed by atoms with E-state index in [0.29, 0.717) is 0 Å². The fourth-order valence-electron chi connectivity index (χ4n) is 0. The number of alkyl halides is 3. The second-order valence-electron chi connectivity index (χ2n) is 0.913. The first-order chi connectivity index (χ1) is 3.25. The molecule has 0 nitrogen and oxygen atoms in total. The summed E-state index contributed by atoms with van der Waals surface area (Å²) in [5, 5.41) is 0. The highest BCUT2D eigenvalue weighted by atomic mass is 31.3. The summed E-state index contributed by atoms with van der Waals surface area (Å²) in [6.07, 6.45) is 0. The quantitative estimate of drug-likeness (QED) is 0.374. The van der Waals surface area contributed by atoms with E-state index in [1.807, 2.05) is 0 Å². The molecule has 0 radical (unpaired) electrons. The van der Waals surface area contributed by atoms with E-state index in [4.69, 9.17) is 0 Å². The van der Waals surface area contributed by atoms with Gasteiger partial charge in [0.25, 0.3) is 0 Å². The lowest BCUT2D eigenvalue weighted by Gasteiger charge is -1.94. The van der Waals surface area contributed by atoms with Crippen molar-refractivity contribution in [2.75, 3.05) is 0 Å². The van der Waals surface area contributed by atoms with Crippen LogP contribution in [-0.4, -0.2) is 5.92 Å². The van der Waals surface area contributed by atoms with Gasteiger partial charge in [-0.15, -0.1) is 13.2 Å². The molecule has 0 spiro atoms. The summed E-state index contributed by atoms with van der Waals surface area (Å²) >= 11 is 0. The second kappa shape index (κ2) is 1.76. The summed E-state index contributed by atoms with van der Waals surface area (Å²) in [5.41, 5.74) is 0. The number of hydrogen-bond donors (Lipinski definition) is 0. The zero-order chi connectivity index (χ0) is 7.00. The second-order valence-corrected chi connectivity index (χ2v) is 2.31. The summed E-state index contributed by atoms with van der Waals surface area (Å²) in [5.74, 6) is -5.95. The SMILES string of the molecule is FC(F)(F)[P+](F)(F)F. The minimum Gasteiger partial charge on any atom is -0.127 e. The lowest BCUT2D eigenvalue weighted by molar-refractivity contribution is -0.0601. The predicted molar refractivity (Wildman–Crippen MR) is 16.3 cm³/mol. The Morgan fingerprint density at radius 3 is 1.00 bits per heavy atom. The number of rotatable bonds is 0. The van der Waals surface area contributed by atoms with Gasteiger partial charge in [-0.25, -0.2) is 0 Å². The molecule has 0 aliphatic rings. The van der Waals surface area contributed by atoms with Crippen LogP contribution in [0.5, 0.6) is 0 Å². The maximum atomic E-state index is 10.5. The Bertz CT molecular complexity index is 63.5. The van der Waals surface area contributed by atoms with Crippen LogP contribution in [-0.2, 0) is 0 Å². The van der Waals surface area contributed by atoms with Crippen molar-refractivity contribution in [1.29, 1.82) is 0 Å². The molecule has 0 aliphatic carbocycles. The first-order valence-electron chi connectivity index (χ1n) is 1.30. The number of halogens is 6. The minimum atomic E-state index is -7.10. The smallest absolute Gasteiger partial charge is 0.127 e. The van der Waals surface area contributed by atoms with Crippen molar-refractivity contribution in [3.05, 3.63) is 0 Å². The Hall–Kier alpha value is 0.01000. The van der Waals surface area contributed by atoms with E-state index < -0.39 is 14.1 Å². The van der Waals surface area contributed by atoms with E-state index >= 15 is 0 Å². The Morgan fingerprint density at radius 1 is 0.875 bits per heavy atom. The van der Waals surface area contributed by atoms with E-state index in [1.54, 1.807) is 0 Å². The lowest BCUT2D eigenvalue weighted by atomic mass is 11.6. The van der Waals surface area contributed by atoms with Crippen LogP contribution in [0, 0.1) is 0 Å². The van der Waals surface area contributed by atoms with Gasteiger partial charge in [-0.05, 0) is 0 Å². The Labute approximate surface area is 41.2 Å². The van der Waals surface area contributed by atoms with Gasteiger partial charge in [-0.3, -0.25) is 0 Å². The van der Waals surface area contributed by atoms with Gasteiger partial charge >= 0.3 is 14.1 Å². The topological polar surface area (TPSA) is 0 Å². The average molecular weight is 157 g/mol. The van der Waals surface area contributed by atoms with Crippen molar-refractivity contribution in [1.82, 2.24) is 0 Å². The molecule has 0 rings (SSSR count). The van der Waals surface area contributed by atoms with Crippen molar-refractivity contribution < 1.29 is 25.8 Å². The first kappa shape index (κ1) is 8.01. The highest BCUT2D eigenvalue weighted by Gasteiger charge is 2.73. The van der Waals surface area contributed by atoms with Crippen molar-refractivity contribution in [2.45, 2.75) is 5.92 Å². The molecule has 0 bridgehead atoms. The molecule has 0 amide bonds.